The number of hydrogen-bond acceptors (Lipinski definition) is 3. The van der Waals surface area contributed by atoms with Crippen molar-refractivity contribution in [3.63, 3.8) is 0 Å². The molecule has 84 valence electrons. The Balaban J connectivity index is 1.94. The summed E-state index contributed by atoms with van der Waals surface area (Å²) in [5, 5.41) is 0. The fourth-order valence-corrected chi connectivity index (χ4v) is 2.61. The van der Waals surface area contributed by atoms with Crippen LogP contribution in [0.25, 0.3) is 11.1 Å². The summed E-state index contributed by atoms with van der Waals surface area (Å²) in [4.78, 5) is 4.41. The van der Waals surface area contributed by atoms with Gasteiger partial charge < -0.3 is 10.2 Å². The van der Waals surface area contributed by atoms with E-state index in [9.17, 15) is 0 Å². The van der Waals surface area contributed by atoms with E-state index in [1.807, 2.05) is 24.6 Å². The standard InChI is InChI=1S/C13H16N2O/c14-10-5-3-9(4-6-10)11-8-16-12-2-1-7-15-13(11)12/h1-2,7-10H,3-6,14H2. The third-order valence-electron chi connectivity index (χ3n) is 3.57. The van der Waals surface area contributed by atoms with Gasteiger partial charge in [-0.15, -0.1) is 0 Å². The van der Waals surface area contributed by atoms with Gasteiger partial charge in [-0.1, -0.05) is 0 Å². The van der Waals surface area contributed by atoms with Crippen molar-refractivity contribution in [1.29, 1.82) is 0 Å². The summed E-state index contributed by atoms with van der Waals surface area (Å²) in [5.74, 6) is 0.580. The van der Waals surface area contributed by atoms with Crippen LogP contribution in [0.2, 0.25) is 0 Å². The van der Waals surface area contributed by atoms with Crippen molar-refractivity contribution in [2.75, 3.05) is 0 Å². The maximum Gasteiger partial charge on any atom is 0.152 e. The van der Waals surface area contributed by atoms with Crippen molar-refractivity contribution in [3.05, 3.63) is 30.2 Å². The first kappa shape index (κ1) is 9.85. The van der Waals surface area contributed by atoms with Crippen LogP contribution < -0.4 is 5.73 Å². The molecule has 3 rings (SSSR count). The van der Waals surface area contributed by atoms with Crippen LogP contribution >= 0.6 is 0 Å². The predicted molar refractivity (Wildman–Crippen MR) is 63.2 cm³/mol. The van der Waals surface area contributed by atoms with E-state index in [0.717, 1.165) is 36.8 Å². The monoisotopic (exact) mass is 216 g/mol. The van der Waals surface area contributed by atoms with Gasteiger partial charge in [0.15, 0.2) is 5.58 Å². The number of hydrogen-bond donors (Lipinski definition) is 1. The minimum atomic E-state index is 0.391. The molecule has 1 aliphatic rings. The zero-order chi connectivity index (χ0) is 11.0. The molecule has 2 heterocycles. The van der Waals surface area contributed by atoms with E-state index < -0.39 is 0 Å². The molecule has 2 aromatic heterocycles. The van der Waals surface area contributed by atoms with Crippen LogP contribution in [-0.4, -0.2) is 11.0 Å². The highest BCUT2D eigenvalue weighted by molar-refractivity contribution is 5.76. The lowest BCUT2D eigenvalue weighted by Gasteiger charge is -2.25. The van der Waals surface area contributed by atoms with Crippen LogP contribution in [0, 0.1) is 0 Å². The lowest BCUT2D eigenvalue weighted by molar-refractivity contribution is 0.394. The molecule has 1 saturated carbocycles. The zero-order valence-electron chi connectivity index (χ0n) is 9.23. The number of nitrogens with zero attached hydrogens (tertiary/aromatic N) is 1. The lowest BCUT2D eigenvalue weighted by atomic mass is 9.82. The largest absolute Gasteiger partial charge is 0.462 e. The van der Waals surface area contributed by atoms with Crippen LogP contribution in [0.5, 0.6) is 0 Å². The van der Waals surface area contributed by atoms with Crippen LogP contribution in [-0.2, 0) is 0 Å². The normalized spacial score (nSPS) is 26.1. The highest BCUT2D eigenvalue weighted by atomic mass is 16.3. The van der Waals surface area contributed by atoms with Crippen LogP contribution in [0.15, 0.2) is 29.0 Å². The summed E-state index contributed by atoms with van der Waals surface area (Å²) in [5.41, 5.74) is 9.12. The molecule has 3 nitrogen and oxygen atoms in total. The predicted octanol–water partition coefficient (Wildman–Crippen LogP) is 2.81. The van der Waals surface area contributed by atoms with E-state index in [2.05, 4.69) is 4.98 Å². The molecular weight excluding hydrogens is 200 g/mol. The molecule has 0 radical (unpaired) electrons. The van der Waals surface area contributed by atoms with Gasteiger partial charge in [-0.05, 0) is 43.7 Å². The van der Waals surface area contributed by atoms with Crippen molar-refractivity contribution in [3.8, 4) is 0 Å². The highest BCUT2D eigenvalue weighted by Gasteiger charge is 2.23. The van der Waals surface area contributed by atoms with Gasteiger partial charge in [0, 0.05) is 17.8 Å². The highest BCUT2D eigenvalue weighted by Crippen LogP contribution is 2.36. The Hall–Kier alpha value is -1.35. The first-order valence-corrected chi connectivity index (χ1v) is 5.92. The summed E-state index contributed by atoms with van der Waals surface area (Å²) in [6, 6.07) is 4.27. The number of fused-ring (bicyclic) bond motifs is 1. The van der Waals surface area contributed by atoms with Crippen molar-refractivity contribution in [1.82, 2.24) is 4.98 Å². The Morgan fingerprint density at radius 3 is 2.88 bits per heavy atom. The molecule has 0 aromatic carbocycles. The van der Waals surface area contributed by atoms with Crippen LogP contribution in [0.3, 0.4) is 0 Å². The van der Waals surface area contributed by atoms with Crippen molar-refractivity contribution < 1.29 is 4.42 Å². The maximum atomic E-state index is 5.92. The molecule has 0 unspecified atom stereocenters. The topological polar surface area (TPSA) is 52.0 Å². The number of furan rings is 1. The van der Waals surface area contributed by atoms with Crippen LogP contribution in [0.4, 0.5) is 0 Å². The summed E-state index contributed by atoms with van der Waals surface area (Å²) in [6.07, 6.45) is 8.25. The second kappa shape index (κ2) is 3.91. The van der Waals surface area contributed by atoms with E-state index in [1.54, 1.807) is 0 Å². The van der Waals surface area contributed by atoms with Crippen LogP contribution in [0.1, 0.15) is 37.2 Å². The molecule has 0 aliphatic heterocycles. The van der Waals surface area contributed by atoms with E-state index >= 15 is 0 Å². The zero-order valence-corrected chi connectivity index (χ0v) is 9.23. The quantitative estimate of drug-likeness (QED) is 0.797. The summed E-state index contributed by atoms with van der Waals surface area (Å²) in [7, 11) is 0. The van der Waals surface area contributed by atoms with Gasteiger partial charge in [0.1, 0.15) is 5.52 Å². The number of nitrogens with two attached hydrogens (primary N) is 1. The molecule has 0 saturated heterocycles. The number of pyridine rings is 1. The number of aromatic nitrogens is 1. The van der Waals surface area contributed by atoms with E-state index in [0.29, 0.717) is 12.0 Å². The average Bonchev–Trinajstić information content (AvgIpc) is 2.74. The molecule has 2 N–H and O–H groups in total. The van der Waals surface area contributed by atoms with Crippen molar-refractivity contribution >= 4 is 11.1 Å². The molecule has 0 bridgehead atoms. The Morgan fingerprint density at radius 2 is 2.06 bits per heavy atom. The third kappa shape index (κ3) is 1.61. The second-order valence-electron chi connectivity index (χ2n) is 4.65. The van der Waals surface area contributed by atoms with Gasteiger partial charge in [-0.3, -0.25) is 4.98 Å². The molecular formula is C13H16N2O. The molecule has 1 fully saturated rings. The molecule has 3 heteroatoms. The van der Waals surface area contributed by atoms with Gasteiger partial charge in [-0.2, -0.15) is 0 Å². The first-order valence-electron chi connectivity index (χ1n) is 5.92. The second-order valence-corrected chi connectivity index (χ2v) is 4.65. The number of rotatable bonds is 1. The molecule has 1 aliphatic carbocycles. The van der Waals surface area contributed by atoms with E-state index in [1.165, 1.54) is 5.56 Å². The Kier molecular flexibility index (Phi) is 2.40. The summed E-state index contributed by atoms with van der Waals surface area (Å²) >= 11 is 0. The molecule has 0 atom stereocenters. The Labute approximate surface area is 94.7 Å². The summed E-state index contributed by atoms with van der Waals surface area (Å²) < 4.78 is 5.54. The smallest absolute Gasteiger partial charge is 0.152 e. The molecule has 2 aromatic rings. The Bertz CT molecular complexity index is 483. The van der Waals surface area contributed by atoms with Gasteiger partial charge in [0.05, 0.1) is 6.26 Å². The van der Waals surface area contributed by atoms with Crippen molar-refractivity contribution in [2.45, 2.75) is 37.6 Å². The average molecular weight is 216 g/mol. The van der Waals surface area contributed by atoms with E-state index in [-0.39, 0.29) is 0 Å². The molecule has 0 amide bonds. The fraction of sp³-hybridized carbons (Fsp3) is 0.462. The summed E-state index contributed by atoms with van der Waals surface area (Å²) in [6.45, 7) is 0. The first-order chi connectivity index (χ1) is 7.84. The van der Waals surface area contributed by atoms with Gasteiger partial charge in [0.25, 0.3) is 0 Å². The van der Waals surface area contributed by atoms with Gasteiger partial charge in [0.2, 0.25) is 0 Å². The minimum absolute atomic E-state index is 0.391. The lowest BCUT2D eigenvalue weighted by Crippen LogP contribution is -2.25. The van der Waals surface area contributed by atoms with Gasteiger partial charge in [-0.25, -0.2) is 0 Å². The van der Waals surface area contributed by atoms with Gasteiger partial charge >= 0.3 is 0 Å². The fourth-order valence-electron chi connectivity index (χ4n) is 2.61. The SMILES string of the molecule is NC1CCC(c2coc3cccnc23)CC1. The third-order valence-corrected chi connectivity index (χ3v) is 3.57. The van der Waals surface area contributed by atoms with Crippen molar-refractivity contribution in [2.24, 2.45) is 5.73 Å². The maximum absolute atomic E-state index is 5.92. The minimum Gasteiger partial charge on any atom is -0.462 e. The molecule has 16 heavy (non-hydrogen) atoms. The molecule has 0 spiro atoms. The Morgan fingerprint density at radius 1 is 1.25 bits per heavy atom. The van der Waals surface area contributed by atoms with E-state index in [4.69, 9.17) is 10.2 Å².